The van der Waals surface area contributed by atoms with Gasteiger partial charge in [0.25, 0.3) is 0 Å². The Morgan fingerprint density at radius 1 is 1.19 bits per heavy atom. The fourth-order valence-corrected chi connectivity index (χ4v) is 4.12. The molecule has 0 amide bonds. The Morgan fingerprint density at radius 2 is 2.04 bits per heavy atom. The first-order chi connectivity index (χ1) is 12.3. The number of nitrogens with one attached hydrogen (secondary N) is 1. The van der Waals surface area contributed by atoms with Crippen LogP contribution >= 0.6 is 23.7 Å². The highest BCUT2D eigenvalue weighted by Gasteiger charge is 2.24. The van der Waals surface area contributed by atoms with Gasteiger partial charge in [-0.15, -0.1) is 23.7 Å². The summed E-state index contributed by atoms with van der Waals surface area (Å²) >= 11 is 1.57. The Morgan fingerprint density at radius 3 is 2.81 bits per heavy atom. The van der Waals surface area contributed by atoms with Crippen LogP contribution in [0.3, 0.4) is 0 Å². The molecule has 1 N–H and O–H groups in total. The molecule has 3 aromatic rings. The van der Waals surface area contributed by atoms with Gasteiger partial charge in [0.05, 0.1) is 0 Å². The molecule has 3 heterocycles. The third-order valence-electron chi connectivity index (χ3n) is 4.65. The largest absolute Gasteiger partial charge is 0.314 e. The van der Waals surface area contributed by atoms with Crippen molar-refractivity contribution in [2.24, 2.45) is 0 Å². The first-order valence-electron chi connectivity index (χ1n) is 8.48. The van der Waals surface area contributed by atoms with Gasteiger partial charge >= 0.3 is 0 Å². The van der Waals surface area contributed by atoms with Crippen LogP contribution in [0.15, 0.2) is 60.2 Å². The lowest BCUT2D eigenvalue weighted by Crippen LogP contribution is -2.45. The summed E-state index contributed by atoms with van der Waals surface area (Å²) in [6.07, 6.45) is 3.68. The molecule has 0 spiro atoms. The van der Waals surface area contributed by atoms with E-state index in [1.807, 2.05) is 42.0 Å². The second kappa shape index (κ2) is 8.73. The van der Waals surface area contributed by atoms with E-state index < -0.39 is 0 Å². The van der Waals surface area contributed by atoms with Gasteiger partial charge in [0, 0.05) is 55.1 Å². The second-order valence-corrected chi connectivity index (χ2v) is 7.21. The van der Waals surface area contributed by atoms with Crippen molar-refractivity contribution in [1.82, 2.24) is 15.2 Å². The molecule has 1 aromatic carbocycles. The van der Waals surface area contributed by atoms with Crippen molar-refractivity contribution in [3.05, 3.63) is 77.2 Å². The maximum absolute atomic E-state index is 14.2. The topological polar surface area (TPSA) is 28.2 Å². The van der Waals surface area contributed by atoms with Gasteiger partial charge in [-0.3, -0.25) is 9.88 Å². The summed E-state index contributed by atoms with van der Waals surface area (Å²) in [5.41, 5.74) is 3.11. The molecule has 0 radical (unpaired) electrons. The third-order valence-corrected chi connectivity index (χ3v) is 5.55. The predicted molar refractivity (Wildman–Crippen MR) is 107 cm³/mol. The quantitative estimate of drug-likeness (QED) is 0.711. The van der Waals surface area contributed by atoms with E-state index in [1.165, 1.54) is 5.56 Å². The summed E-state index contributed by atoms with van der Waals surface area (Å²) in [6.45, 7) is 3.68. The number of rotatable bonds is 4. The van der Waals surface area contributed by atoms with Gasteiger partial charge in [0.15, 0.2) is 0 Å². The fraction of sp³-hybridized carbons (Fsp3) is 0.250. The van der Waals surface area contributed by atoms with E-state index in [2.05, 4.69) is 27.3 Å². The SMILES string of the molecule is Cl.Fc1ccc(CN2CCNCC2c2ccncc2)cc1-c1cccs1. The molecule has 0 bridgehead atoms. The Hall–Kier alpha value is -1.79. The van der Waals surface area contributed by atoms with Gasteiger partial charge in [-0.25, -0.2) is 4.39 Å². The monoisotopic (exact) mass is 389 g/mol. The molecular weight excluding hydrogens is 369 g/mol. The van der Waals surface area contributed by atoms with Gasteiger partial charge in [0.1, 0.15) is 5.82 Å². The molecule has 1 atom stereocenters. The molecular formula is C20H21ClFN3S. The summed E-state index contributed by atoms with van der Waals surface area (Å²) in [4.78, 5) is 7.55. The number of hydrogen-bond donors (Lipinski definition) is 1. The van der Waals surface area contributed by atoms with Crippen LogP contribution in [0.2, 0.25) is 0 Å². The lowest BCUT2D eigenvalue weighted by molar-refractivity contribution is 0.153. The Kier molecular flexibility index (Phi) is 6.38. The minimum absolute atomic E-state index is 0. The van der Waals surface area contributed by atoms with Crippen LogP contribution in [0.25, 0.3) is 10.4 Å². The molecule has 6 heteroatoms. The van der Waals surface area contributed by atoms with Crippen LogP contribution < -0.4 is 5.32 Å². The number of aromatic nitrogens is 1. The molecule has 136 valence electrons. The molecule has 1 unspecified atom stereocenters. The van der Waals surface area contributed by atoms with Crippen LogP contribution in [0.5, 0.6) is 0 Å². The van der Waals surface area contributed by atoms with E-state index in [4.69, 9.17) is 0 Å². The zero-order chi connectivity index (χ0) is 17.1. The summed E-state index contributed by atoms with van der Waals surface area (Å²) in [5.74, 6) is -0.155. The van der Waals surface area contributed by atoms with Crippen molar-refractivity contribution in [1.29, 1.82) is 0 Å². The molecule has 0 saturated carbocycles. The van der Waals surface area contributed by atoms with Crippen molar-refractivity contribution in [2.45, 2.75) is 12.6 Å². The van der Waals surface area contributed by atoms with Gasteiger partial charge in [-0.2, -0.15) is 0 Å². The van der Waals surface area contributed by atoms with Crippen LogP contribution in [0, 0.1) is 5.82 Å². The minimum atomic E-state index is -0.155. The molecule has 0 aliphatic carbocycles. The first-order valence-corrected chi connectivity index (χ1v) is 9.36. The van der Waals surface area contributed by atoms with Crippen molar-refractivity contribution < 1.29 is 4.39 Å². The van der Waals surface area contributed by atoms with E-state index in [9.17, 15) is 4.39 Å². The minimum Gasteiger partial charge on any atom is -0.314 e. The highest BCUT2D eigenvalue weighted by atomic mass is 35.5. The van der Waals surface area contributed by atoms with Crippen LogP contribution in [-0.2, 0) is 6.54 Å². The van der Waals surface area contributed by atoms with E-state index in [0.29, 0.717) is 11.6 Å². The zero-order valence-electron chi connectivity index (χ0n) is 14.3. The van der Waals surface area contributed by atoms with Crippen LogP contribution in [0.1, 0.15) is 17.2 Å². The molecule has 4 rings (SSSR count). The standard InChI is InChI=1S/C20H20FN3S.ClH/c21-18-4-3-15(12-17(18)20-2-1-11-25-20)14-24-10-9-23-13-19(24)16-5-7-22-8-6-16;/h1-8,11-12,19,23H,9-10,13-14H2;1H. The van der Waals surface area contributed by atoms with Crippen LogP contribution in [0.4, 0.5) is 4.39 Å². The van der Waals surface area contributed by atoms with Crippen molar-refractivity contribution >= 4 is 23.7 Å². The van der Waals surface area contributed by atoms with Gasteiger partial charge in [0.2, 0.25) is 0 Å². The first kappa shape index (κ1) is 19.0. The average molecular weight is 390 g/mol. The molecule has 2 aromatic heterocycles. The van der Waals surface area contributed by atoms with E-state index in [1.54, 1.807) is 17.4 Å². The molecule has 1 saturated heterocycles. The number of halogens is 2. The molecule has 1 aliphatic rings. The maximum atomic E-state index is 14.2. The number of pyridine rings is 1. The number of hydrogen-bond acceptors (Lipinski definition) is 4. The molecule has 1 fully saturated rings. The van der Waals surface area contributed by atoms with E-state index >= 15 is 0 Å². The summed E-state index contributed by atoms with van der Waals surface area (Å²) < 4.78 is 14.2. The van der Waals surface area contributed by atoms with E-state index in [0.717, 1.165) is 36.6 Å². The lowest BCUT2D eigenvalue weighted by Gasteiger charge is -2.36. The summed E-state index contributed by atoms with van der Waals surface area (Å²) in [6, 6.07) is 13.9. The van der Waals surface area contributed by atoms with Crippen LogP contribution in [-0.4, -0.2) is 29.5 Å². The van der Waals surface area contributed by atoms with E-state index in [-0.39, 0.29) is 18.2 Å². The third kappa shape index (κ3) is 4.13. The smallest absolute Gasteiger partial charge is 0.131 e. The Bertz CT molecular complexity index is 826. The number of thiophene rings is 1. The lowest BCUT2D eigenvalue weighted by atomic mass is 10.0. The molecule has 1 aliphatic heterocycles. The fourth-order valence-electron chi connectivity index (χ4n) is 3.38. The van der Waals surface area contributed by atoms with Gasteiger partial charge in [-0.05, 0) is 46.8 Å². The average Bonchev–Trinajstić information content (AvgIpc) is 3.19. The molecule has 26 heavy (non-hydrogen) atoms. The number of piperazine rings is 1. The molecule has 3 nitrogen and oxygen atoms in total. The van der Waals surface area contributed by atoms with Gasteiger partial charge in [-0.1, -0.05) is 12.1 Å². The highest BCUT2D eigenvalue weighted by molar-refractivity contribution is 7.13. The Labute approximate surface area is 163 Å². The highest BCUT2D eigenvalue weighted by Crippen LogP contribution is 2.30. The number of nitrogens with zero attached hydrogens (tertiary/aromatic N) is 2. The summed E-state index contributed by atoms with van der Waals surface area (Å²) in [7, 11) is 0. The summed E-state index contributed by atoms with van der Waals surface area (Å²) in [5, 5.41) is 5.45. The zero-order valence-corrected chi connectivity index (χ0v) is 15.9. The Balaban J connectivity index is 0.00000196. The number of benzene rings is 1. The van der Waals surface area contributed by atoms with Gasteiger partial charge < -0.3 is 5.32 Å². The normalized spacial score (nSPS) is 17.7. The van der Waals surface area contributed by atoms with Crippen molar-refractivity contribution in [3.63, 3.8) is 0 Å². The maximum Gasteiger partial charge on any atom is 0.131 e. The van der Waals surface area contributed by atoms with Crippen molar-refractivity contribution in [2.75, 3.05) is 19.6 Å². The van der Waals surface area contributed by atoms with Crippen molar-refractivity contribution in [3.8, 4) is 10.4 Å². The predicted octanol–water partition coefficient (Wildman–Crippen LogP) is 4.52. The second-order valence-electron chi connectivity index (χ2n) is 6.26.